The van der Waals surface area contributed by atoms with E-state index < -0.39 is 59.8 Å². The summed E-state index contributed by atoms with van der Waals surface area (Å²) in [6.45, 7) is 17.3. The molecule has 10 nitrogen and oxygen atoms in total. The van der Waals surface area contributed by atoms with Crippen molar-refractivity contribution in [1.29, 1.82) is 0 Å². The SMILES string of the molecule is Cc1cccc(C)c1C(C(=O)NC(Cc1ccccc1)C(=O)OC(C)(C)C)N(CCO)C(=O)C(CC(C)C)NC(=O)OC(C)(C)C. The van der Waals surface area contributed by atoms with Gasteiger partial charge in [-0.3, -0.25) is 9.59 Å². The second kappa shape index (κ2) is 16.6. The second-order valence-electron chi connectivity index (χ2n) is 14.1. The van der Waals surface area contributed by atoms with Crippen LogP contribution in [0, 0.1) is 19.8 Å². The van der Waals surface area contributed by atoms with E-state index in [1.54, 1.807) is 41.5 Å². The molecule has 10 heteroatoms. The third kappa shape index (κ3) is 12.1. The fourth-order valence-corrected chi connectivity index (χ4v) is 5.17. The Labute approximate surface area is 274 Å². The Morgan fingerprint density at radius 3 is 1.87 bits per heavy atom. The first-order valence-corrected chi connectivity index (χ1v) is 15.9. The lowest BCUT2D eigenvalue weighted by Gasteiger charge is -2.36. The van der Waals surface area contributed by atoms with E-state index in [4.69, 9.17) is 9.47 Å². The molecule has 254 valence electrons. The molecule has 3 amide bonds. The molecule has 0 aliphatic rings. The van der Waals surface area contributed by atoms with Crippen molar-refractivity contribution in [2.24, 2.45) is 5.92 Å². The maximum absolute atomic E-state index is 14.5. The van der Waals surface area contributed by atoms with Crippen molar-refractivity contribution in [3.63, 3.8) is 0 Å². The fourth-order valence-electron chi connectivity index (χ4n) is 5.17. The molecule has 0 radical (unpaired) electrons. The fraction of sp³-hybridized carbons (Fsp3) is 0.556. The molecular weight excluding hydrogens is 586 g/mol. The Balaban J connectivity index is 2.64. The molecule has 2 aromatic rings. The summed E-state index contributed by atoms with van der Waals surface area (Å²) in [5.74, 6) is -1.80. The number of hydrogen-bond acceptors (Lipinski definition) is 7. The third-order valence-corrected chi connectivity index (χ3v) is 6.99. The molecule has 0 fully saturated rings. The third-order valence-electron chi connectivity index (χ3n) is 6.99. The van der Waals surface area contributed by atoms with Crippen LogP contribution in [0.4, 0.5) is 4.79 Å². The molecule has 0 heterocycles. The summed E-state index contributed by atoms with van der Waals surface area (Å²) in [7, 11) is 0. The Morgan fingerprint density at radius 2 is 1.37 bits per heavy atom. The van der Waals surface area contributed by atoms with E-state index in [9.17, 15) is 24.3 Å². The van der Waals surface area contributed by atoms with Crippen molar-refractivity contribution in [1.82, 2.24) is 15.5 Å². The zero-order chi connectivity index (χ0) is 34.8. The Kier molecular flexibility index (Phi) is 13.8. The molecular formula is C36H53N3O7. The molecule has 0 saturated carbocycles. The van der Waals surface area contributed by atoms with Crippen molar-refractivity contribution in [3.05, 3.63) is 70.8 Å². The van der Waals surface area contributed by atoms with Crippen LogP contribution in [-0.4, -0.2) is 70.3 Å². The molecule has 3 unspecified atom stereocenters. The van der Waals surface area contributed by atoms with Crippen molar-refractivity contribution in [2.75, 3.05) is 13.2 Å². The highest BCUT2D eigenvalue weighted by molar-refractivity contribution is 5.94. The standard InChI is InChI=1S/C36H53N3O7/c1-23(2)21-27(38-34(44)46-36(8,9)10)32(42)39(19-20-40)30(29-24(3)15-14-16-25(29)4)31(41)37-28(33(43)45-35(5,6)7)22-26-17-12-11-13-18-26/h11-18,23,27-28,30,40H,19-22H2,1-10H3,(H,37,41)(H,38,44). The van der Waals surface area contributed by atoms with Gasteiger partial charge in [-0.2, -0.15) is 0 Å². The summed E-state index contributed by atoms with van der Waals surface area (Å²) in [6, 6.07) is 11.4. The number of ether oxygens (including phenoxy) is 2. The first kappa shape index (κ1) is 38.3. The predicted molar refractivity (Wildman–Crippen MR) is 178 cm³/mol. The summed E-state index contributed by atoms with van der Waals surface area (Å²) in [5.41, 5.74) is 1.26. The number of esters is 1. The molecule has 2 rings (SSSR count). The quantitative estimate of drug-likeness (QED) is 0.257. The number of amides is 3. The normalized spacial score (nSPS) is 13.7. The van der Waals surface area contributed by atoms with Gasteiger partial charge >= 0.3 is 12.1 Å². The molecule has 3 N–H and O–H groups in total. The van der Waals surface area contributed by atoms with Crippen LogP contribution in [0.5, 0.6) is 0 Å². The van der Waals surface area contributed by atoms with E-state index >= 15 is 0 Å². The molecule has 2 aromatic carbocycles. The van der Waals surface area contributed by atoms with E-state index in [-0.39, 0.29) is 25.3 Å². The van der Waals surface area contributed by atoms with Gasteiger partial charge in [0.1, 0.15) is 29.3 Å². The number of alkyl carbamates (subject to hydrolysis) is 1. The number of carbonyl (C=O) groups excluding carboxylic acids is 4. The number of aryl methyl sites for hydroxylation is 2. The second-order valence-corrected chi connectivity index (χ2v) is 14.1. The number of nitrogens with zero attached hydrogens (tertiary/aromatic N) is 1. The Bertz CT molecular complexity index is 1310. The summed E-state index contributed by atoms with van der Waals surface area (Å²) in [6.07, 6.45) is -0.350. The monoisotopic (exact) mass is 639 g/mol. The van der Waals surface area contributed by atoms with Crippen LogP contribution in [0.15, 0.2) is 48.5 Å². The highest BCUT2D eigenvalue weighted by Gasteiger charge is 2.39. The lowest BCUT2D eigenvalue weighted by molar-refractivity contribution is -0.159. The minimum absolute atomic E-state index is 0.00485. The maximum Gasteiger partial charge on any atom is 0.408 e. The minimum atomic E-state index is -1.24. The minimum Gasteiger partial charge on any atom is -0.458 e. The van der Waals surface area contributed by atoms with Gasteiger partial charge in [0.2, 0.25) is 11.8 Å². The van der Waals surface area contributed by atoms with Crippen molar-refractivity contribution in [3.8, 4) is 0 Å². The average molecular weight is 640 g/mol. The van der Waals surface area contributed by atoms with Crippen LogP contribution >= 0.6 is 0 Å². The van der Waals surface area contributed by atoms with Gasteiger partial charge in [0.15, 0.2) is 0 Å². The molecule has 0 bridgehead atoms. The smallest absolute Gasteiger partial charge is 0.408 e. The molecule has 0 aliphatic carbocycles. The first-order chi connectivity index (χ1) is 21.3. The van der Waals surface area contributed by atoms with Crippen molar-refractivity contribution < 1.29 is 33.8 Å². The van der Waals surface area contributed by atoms with E-state index in [1.165, 1.54) is 4.90 Å². The molecule has 3 atom stereocenters. The van der Waals surface area contributed by atoms with Crippen molar-refractivity contribution >= 4 is 23.9 Å². The molecule has 0 spiro atoms. The van der Waals surface area contributed by atoms with Gasteiger partial charge < -0.3 is 30.1 Å². The summed E-state index contributed by atoms with van der Waals surface area (Å²) in [5, 5.41) is 15.8. The number of nitrogens with one attached hydrogen (secondary N) is 2. The largest absolute Gasteiger partial charge is 0.458 e. The number of hydrogen-bond donors (Lipinski definition) is 3. The summed E-state index contributed by atoms with van der Waals surface area (Å²) < 4.78 is 11.1. The van der Waals surface area contributed by atoms with E-state index in [0.717, 1.165) is 16.7 Å². The first-order valence-electron chi connectivity index (χ1n) is 15.9. The molecule has 0 aliphatic heterocycles. The lowest BCUT2D eigenvalue weighted by Crippen LogP contribution is -2.56. The van der Waals surface area contributed by atoms with Crippen LogP contribution in [0.25, 0.3) is 0 Å². The number of carbonyl (C=O) groups is 4. The summed E-state index contributed by atoms with van der Waals surface area (Å²) >= 11 is 0. The Hall–Kier alpha value is -3.92. The van der Waals surface area contributed by atoms with Gasteiger partial charge in [-0.05, 0) is 90.0 Å². The topological polar surface area (TPSA) is 134 Å². The van der Waals surface area contributed by atoms with Crippen LogP contribution in [0.1, 0.15) is 90.1 Å². The number of benzene rings is 2. The van der Waals surface area contributed by atoms with Gasteiger partial charge in [0, 0.05) is 13.0 Å². The lowest BCUT2D eigenvalue weighted by atomic mass is 9.92. The van der Waals surface area contributed by atoms with E-state index in [2.05, 4.69) is 10.6 Å². The summed E-state index contributed by atoms with van der Waals surface area (Å²) in [4.78, 5) is 56.5. The van der Waals surface area contributed by atoms with Crippen molar-refractivity contribution in [2.45, 2.75) is 111 Å². The van der Waals surface area contributed by atoms with E-state index in [1.807, 2.05) is 76.2 Å². The van der Waals surface area contributed by atoms with Gasteiger partial charge in [0.05, 0.1) is 6.61 Å². The molecule has 46 heavy (non-hydrogen) atoms. The predicted octanol–water partition coefficient (Wildman–Crippen LogP) is 5.17. The highest BCUT2D eigenvalue weighted by atomic mass is 16.6. The number of aliphatic hydroxyl groups excluding tert-OH is 1. The molecule has 0 aromatic heterocycles. The van der Waals surface area contributed by atoms with Gasteiger partial charge in [0.25, 0.3) is 0 Å². The van der Waals surface area contributed by atoms with Crippen LogP contribution < -0.4 is 10.6 Å². The number of aliphatic hydroxyl groups is 1. The van der Waals surface area contributed by atoms with Crippen LogP contribution in [0.3, 0.4) is 0 Å². The zero-order valence-corrected chi connectivity index (χ0v) is 29.1. The van der Waals surface area contributed by atoms with Crippen LogP contribution in [0.2, 0.25) is 0 Å². The van der Waals surface area contributed by atoms with Gasteiger partial charge in [-0.15, -0.1) is 0 Å². The maximum atomic E-state index is 14.5. The molecule has 0 saturated heterocycles. The van der Waals surface area contributed by atoms with Gasteiger partial charge in [-0.25, -0.2) is 9.59 Å². The van der Waals surface area contributed by atoms with Crippen LogP contribution in [-0.2, 0) is 30.3 Å². The van der Waals surface area contributed by atoms with Gasteiger partial charge in [-0.1, -0.05) is 62.4 Å². The number of rotatable bonds is 13. The average Bonchev–Trinajstić information content (AvgIpc) is 2.91. The Morgan fingerprint density at radius 1 is 0.804 bits per heavy atom. The van der Waals surface area contributed by atoms with E-state index in [0.29, 0.717) is 5.56 Å². The highest BCUT2D eigenvalue weighted by Crippen LogP contribution is 2.29. The zero-order valence-electron chi connectivity index (χ0n) is 29.1.